The van der Waals surface area contributed by atoms with Gasteiger partial charge in [-0.25, -0.2) is 0 Å². The average Bonchev–Trinajstić information content (AvgIpc) is 2.01. The summed E-state index contributed by atoms with van der Waals surface area (Å²) in [5, 5.41) is 0. The molecule has 2 aliphatic rings. The van der Waals surface area contributed by atoms with Gasteiger partial charge in [-0.3, -0.25) is 0 Å². The number of allylic oxidation sites excluding steroid dienone is 1. The van der Waals surface area contributed by atoms with E-state index in [1.807, 2.05) is 11.8 Å². The van der Waals surface area contributed by atoms with Crippen molar-refractivity contribution in [1.82, 2.24) is 0 Å². The highest BCUT2D eigenvalue weighted by Crippen LogP contribution is 2.53. The molecule has 0 saturated carbocycles. The van der Waals surface area contributed by atoms with Crippen molar-refractivity contribution in [3.8, 4) is 0 Å². The van der Waals surface area contributed by atoms with E-state index in [1.54, 1.807) is 4.91 Å². The topological polar surface area (TPSA) is 9.23 Å². The molecule has 1 aliphatic heterocycles. The van der Waals surface area contributed by atoms with Crippen molar-refractivity contribution in [3.05, 3.63) is 10.5 Å². The summed E-state index contributed by atoms with van der Waals surface area (Å²) < 4.78 is 5.83. The standard InChI is InChI=1S/C12H20OS/c1-9-10(14-4)11(2,3)5-6-12(9)7-8-13-12/h5-8H2,1-4H3. The Bertz CT molecular complexity index is 274. The third-order valence-electron chi connectivity index (χ3n) is 3.88. The molecular weight excluding hydrogens is 192 g/mol. The lowest BCUT2D eigenvalue weighted by molar-refractivity contribution is -0.133. The minimum atomic E-state index is 0.147. The summed E-state index contributed by atoms with van der Waals surface area (Å²) >= 11 is 1.91. The van der Waals surface area contributed by atoms with Gasteiger partial charge in [0.15, 0.2) is 0 Å². The Morgan fingerprint density at radius 1 is 1.21 bits per heavy atom. The van der Waals surface area contributed by atoms with E-state index < -0.39 is 0 Å². The van der Waals surface area contributed by atoms with Crippen molar-refractivity contribution < 1.29 is 4.74 Å². The van der Waals surface area contributed by atoms with Gasteiger partial charge in [0.1, 0.15) is 0 Å². The molecule has 1 saturated heterocycles. The zero-order valence-electron chi connectivity index (χ0n) is 9.64. The Labute approximate surface area is 91.3 Å². The second-order valence-corrected chi connectivity index (χ2v) is 5.95. The van der Waals surface area contributed by atoms with Crippen LogP contribution in [0.5, 0.6) is 0 Å². The van der Waals surface area contributed by atoms with Crippen LogP contribution in [0.25, 0.3) is 0 Å². The second-order valence-electron chi connectivity index (χ2n) is 5.13. The maximum Gasteiger partial charge on any atom is 0.0921 e. The van der Waals surface area contributed by atoms with Crippen molar-refractivity contribution in [2.45, 2.75) is 45.6 Å². The van der Waals surface area contributed by atoms with Gasteiger partial charge in [0.05, 0.1) is 12.2 Å². The van der Waals surface area contributed by atoms with Gasteiger partial charge in [0, 0.05) is 6.42 Å². The largest absolute Gasteiger partial charge is 0.370 e. The number of rotatable bonds is 1. The first-order valence-corrected chi connectivity index (χ1v) is 6.64. The summed E-state index contributed by atoms with van der Waals surface area (Å²) in [7, 11) is 0. The lowest BCUT2D eigenvalue weighted by Crippen LogP contribution is -2.48. The Morgan fingerprint density at radius 3 is 2.29 bits per heavy atom. The molecule has 2 rings (SSSR count). The van der Waals surface area contributed by atoms with Gasteiger partial charge >= 0.3 is 0 Å². The summed E-state index contributed by atoms with van der Waals surface area (Å²) in [5.41, 5.74) is 2.02. The molecule has 1 atom stereocenters. The van der Waals surface area contributed by atoms with Gasteiger partial charge in [-0.1, -0.05) is 13.8 Å². The lowest BCUT2D eigenvalue weighted by atomic mass is 9.69. The summed E-state index contributed by atoms with van der Waals surface area (Å²) in [6, 6.07) is 0. The van der Waals surface area contributed by atoms with Gasteiger partial charge in [-0.05, 0) is 41.9 Å². The van der Waals surface area contributed by atoms with Crippen LogP contribution in [0.2, 0.25) is 0 Å². The fraction of sp³-hybridized carbons (Fsp3) is 0.833. The van der Waals surface area contributed by atoms with Crippen LogP contribution in [0.15, 0.2) is 10.5 Å². The lowest BCUT2D eigenvalue weighted by Gasteiger charge is -2.50. The average molecular weight is 212 g/mol. The van der Waals surface area contributed by atoms with Crippen LogP contribution in [-0.4, -0.2) is 18.5 Å². The van der Waals surface area contributed by atoms with Crippen molar-refractivity contribution in [1.29, 1.82) is 0 Å². The molecule has 1 aliphatic carbocycles. The number of hydrogen-bond donors (Lipinski definition) is 0. The molecule has 1 heterocycles. The summed E-state index contributed by atoms with van der Waals surface area (Å²) in [4.78, 5) is 1.56. The Hall–Kier alpha value is 0.0500. The van der Waals surface area contributed by atoms with E-state index in [1.165, 1.54) is 24.8 Å². The molecule has 0 aromatic carbocycles. The van der Waals surface area contributed by atoms with E-state index in [0.717, 1.165) is 6.61 Å². The van der Waals surface area contributed by atoms with Gasteiger partial charge in [-0.15, -0.1) is 11.8 Å². The molecular formula is C12H20OS. The van der Waals surface area contributed by atoms with E-state index in [2.05, 4.69) is 27.0 Å². The minimum Gasteiger partial charge on any atom is -0.370 e. The first-order chi connectivity index (χ1) is 6.52. The first-order valence-electron chi connectivity index (χ1n) is 5.42. The molecule has 1 unspecified atom stereocenters. The van der Waals surface area contributed by atoms with Crippen LogP contribution in [0.4, 0.5) is 0 Å². The van der Waals surface area contributed by atoms with Crippen LogP contribution >= 0.6 is 11.8 Å². The minimum absolute atomic E-state index is 0.147. The first kappa shape index (κ1) is 10.6. The number of thioether (sulfide) groups is 1. The molecule has 0 N–H and O–H groups in total. The smallest absolute Gasteiger partial charge is 0.0921 e. The summed E-state index contributed by atoms with van der Waals surface area (Å²) in [6.07, 6.45) is 5.91. The van der Waals surface area contributed by atoms with E-state index in [4.69, 9.17) is 4.74 Å². The molecule has 0 aromatic rings. The van der Waals surface area contributed by atoms with E-state index in [-0.39, 0.29) is 5.60 Å². The van der Waals surface area contributed by atoms with Gasteiger partial charge < -0.3 is 4.74 Å². The van der Waals surface area contributed by atoms with Gasteiger partial charge in [-0.2, -0.15) is 0 Å². The molecule has 0 amide bonds. The molecule has 2 heteroatoms. The Kier molecular flexibility index (Phi) is 2.47. The Morgan fingerprint density at radius 2 is 1.86 bits per heavy atom. The van der Waals surface area contributed by atoms with Crippen LogP contribution in [0.3, 0.4) is 0 Å². The molecule has 0 radical (unpaired) electrons. The fourth-order valence-corrected chi connectivity index (χ4v) is 3.95. The highest BCUT2D eigenvalue weighted by atomic mass is 32.2. The Balaban J connectivity index is 2.38. The molecule has 80 valence electrons. The number of hydrogen-bond acceptors (Lipinski definition) is 2. The van der Waals surface area contributed by atoms with Crippen molar-refractivity contribution >= 4 is 11.8 Å². The quantitative estimate of drug-likeness (QED) is 0.657. The SMILES string of the molecule is CSC1=C(C)C2(CCO2)CCC1(C)C. The molecule has 0 bridgehead atoms. The fourth-order valence-electron chi connectivity index (χ4n) is 2.80. The normalized spacial score (nSPS) is 36.0. The van der Waals surface area contributed by atoms with Crippen LogP contribution in [0, 0.1) is 5.41 Å². The van der Waals surface area contributed by atoms with E-state index >= 15 is 0 Å². The highest BCUT2D eigenvalue weighted by molar-refractivity contribution is 8.02. The summed E-state index contributed by atoms with van der Waals surface area (Å²) in [5.74, 6) is 0. The number of ether oxygens (including phenoxy) is 1. The molecule has 1 fully saturated rings. The third kappa shape index (κ3) is 1.35. The highest BCUT2D eigenvalue weighted by Gasteiger charge is 2.47. The van der Waals surface area contributed by atoms with Crippen molar-refractivity contribution in [3.63, 3.8) is 0 Å². The third-order valence-corrected chi connectivity index (χ3v) is 5.15. The zero-order chi connectivity index (χ0) is 10.4. The maximum absolute atomic E-state index is 5.83. The summed E-state index contributed by atoms with van der Waals surface area (Å²) in [6.45, 7) is 7.94. The van der Waals surface area contributed by atoms with Crippen LogP contribution in [-0.2, 0) is 4.74 Å². The molecule has 1 nitrogen and oxygen atoms in total. The van der Waals surface area contributed by atoms with Gasteiger partial charge in [0.2, 0.25) is 0 Å². The van der Waals surface area contributed by atoms with Crippen LogP contribution in [0.1, 0.15) is 40.0 Å². The van der Waals surface area contributed by atoms with Crippen molar-refractivity contribution in [2.75, 3.05) is 12.9 Å². The van der Waals surface area contributed by atoms with Crippen molar-refractivity contribution in [2.24, 2.45) is 5.41 Å². The predicted octanol–water partition coefficient (Wildman–Crippen LogP) is 3.60. The maximum atomic E-state index is 5.83. The molecule has 14 heavy (non-hydrogen) atoms. The monoisotopic (exact) mass is 212 g/mol. The van der Waals surface area contributed by atoms with Gasteiger partial charge in [0.25, 0.3) is 0 Å². The van der Waals surface area contributed by atoms with E-state index in [0.29, 0.717) is 5.41 Å². The van der Waals surface area contributed by atoms with E-state index in [9.17, 15) is 0 Å². The van der Waals surface area contributed by atoms with Crippen LogP contribution < -0.4 is 0 Å². The molecule has 1 spiro atoms. The predicted molar refractivity (Wildman–Crippen MR) is 62.5 cm³/mol. The zero-order valence-corrected chi connectivity index (χ0v) is 10.5. The molecule has 0 aromatic heterocycles. The second kappa shape index (κ2) is 3.28.